The summed E-state index contributed by atoms with van der Waals surface area (Å²) in [5, 5.41) is 2.80. The molecule has 1 heterocycles. The number of nitrogens with two attached hydrogens (primary N) is 1. The summed E-state index contributed by atoms with van der Waals surface area (Å²) < 4.78 is 0. The molecule has 6 heteroatoms. The van der Waals surface area contributed by atoms with Crippen molar-refractivity contribution in [2.75, 3.05) is 18.4 Å². The number of aryl methyl sites for hydroxylation is 2. The number of carbonyl (C=O) groups excluding carboxylic acids is 3. The third-order valence-electron chi connectivity index (χ3n) is 4.49. The van der Waals surface area contributed by atoms with Gasteiger partial charge < -0.3 is 16.0 Å². The third kappa shape index (κ3) is 6.21. The van der Waals surface area contributed by atoms with Crippen molar-refractivity contribution >= 4 is 23.4 Å². The maximum atomic E-state index is 12.4. The fourth-order valence-electron chi connectivity index (χ4n) is 3.37. The first-order valence-electron chi connectivity index (χ1n) is 8.77. The van der Waals surface area contributed by atoms with Crippen molar-refractivity contribution < 1.29 is 14.4 Å². The Morgan fingerprint density at radius 3 is 2.52 bits per heavy atom. The summed E-state index contributed by atoms with van der Waals surface area (Å²) in [6, 6.07) is 5.80. The van der Waals surface area contributed by atoms with E-state index in [-0.39, 0.29) is 30.1 Å². The highest BCUT2D eigenvalue weighted by Gasteiger charge is 2.25. The Morgan fingerprint density at radius 2 is 1.88 bits per heavy atom. The second kappa shape index (κ2) is 8.65. The van der Waals surface area contributed by atoms with Crippen molar-refractivity contribution in [1.82, 2.24) is 4.90 Å². The molecule has 1 saturated heterocycles. The second-order valence-corrected chi connectivity index (χ2v) is 6.95. The number of primary amides is 1. The monoisotopic (exact) mass is 345 g/mol. The molecule has 1 fully saturated rings. The van der Waals surface area contributed by atoms with E-state index in [2.05, 4.69) is 5.32 Å². The van der Waals surface area contributed by atoms with Crippen molar-refractivity contribution in [3.05, 3.63) is 29.3 Å². The molecule has 0 aliphatic carbocycles. The van der Waals surface area contributed by atoms with Gasteiger partial charge in [-0.15, -0.1) is 0 Å². The van der Waals surface area contributed by atoms with Crippen LogP contribution < -0.4 is 11.1 Å². The molecule has 0 unspecified atom stereocenters. The van der Waals surface area contributed by atoms with Crippen LogP contribution in [0.2, 0.25) is 0 Å². The van der Waals surface area contributed by atoms with Gasteiger partial charge in [0.15, 0.2) is 0 Å². The fourth-order valence-corrected chi connectivity index (χ4v) is 3.37. The lowest BCUT2D eigenvalue weighted by molar-refractivity contribution is -0.136. The summed E-state index contributed by atoms with van der Waals surface area (Å²) in [6.07, 6.45) is 2.78. The first-order valence-corrected chi connectivity index (χ1v) is 8.77. The highest BCUT2D eigenvalue weighted by Crippen LogP contribution is 2.21. The summed E-state index contributed by atoms with van der Waals surface area (Å²) in [5.74, 6) is -0.483. The van der Waals surface area contributed by atoms with Gasteiger partial charge in [-0.25, -0.2) is 0 Å². The van der Waals surface area contributed by atoms with Crippen molar-refractivity contribution in [3.8, 4) is 0 Å². The molecule has 1 atom stereocenters. The number of benzene rings is 1. The van der Waals surface area contributed by atoms with Gasteiger partial charge in [0.05, 0.1) is 0 Å². The van der Waals surface area contributed by atoms with E-state index in [1.54, 1.807) is 4.90 Å². The van der Waals surface area contributed by atoms with E-state index in [0.29, 0.717) is 31.6 Å². The van der Waals surface area contributed by atoms with Crippen LogP contribution in [0.5, 0.6) is 0 Å². The highest BCUT2D eigenvalue weighted by molar-refractivity contribution is 6.03. The van der Waals surface area contributed by atoms with Gasteiger partial charge in [0.2, 0.25) is 17.7 Å². The highest BCUT2D eigenvalue weighted by atomic mass is 16.2. The number of amides is 3. The van der Waals surface area contributed by atoms with Gasteiger partial charge in [-0.1, -0.05) is 6.07 Å². The van der Waals surface area contributed by atoms with Gasteiger partial charge in [0.25, 0.3) is 0 Å². The van der Waals surface area contributed by atoms with Crippen LogP contribution in [0.4, 0.5) is 5.69 Å². The van der Waals surface area contributed by atoms with Crippen molar-refractivity contribution in [2.45, 2.75) is 46.0 Å². The third-order valence-corrected chi connectivity index (χ3v) is 4.49. The molecule has 0 saturated carbocycles. The van der Waals surface area contributed by atoms with Crippen LogP contribution in [-0.2, 0) is 14.4 Å². The van der Waals surface area contributed by atoms with Crippen LogP contribution >= 0.6 is 0 Å². The summed E-state index contributed by atoms with van der Waals surface area (Å²) in [5.41, 5.74) is 8.04. The Balaban J connectivity index is 1.85. The maximum absolute atomic E-state index is 12.4. The van der Waals surface area contributed by atoms with Gasteiger partial charge >= 0.3 is 0 Å². The summed E-state index contributed by atoms with van der Waals surface area (Å²) in [7, 11) is 0. The van der Waals surface area contributed by atoms with E-state index in [1.807, 2.05) is 32.0 Å². The molecule has 0 aromatic heterocycles. The molecule has 0 radical (unpaired) electrons. The number of hydrogen-bond acceptors (Lipinski definition) is 3. The number of carbonyl (C=O) groups is 3. The van der Waals surface area contributed by atoms with Crippen LogP contribution in [0.25, 0.3) is 0 Å². The predicted molar refractivity (Wildman–Crippen MR) is 96.9 cm³/mol. The van der Waals surface area contributed by atoms with E-state index in [9.17, 15) is 14.4 Å². The zero-order valence-corrected chi connectivity index (χ0v) is 15.0. The van der Waals surface area contributed by atoms with Crippen LogP contribution in [0.3, 0.4) is 0 Å². The molecule has 2 rings (SSSR count). The number of likely N-dealkylation sites (tertiary alicyclic amines) is 1. The molecule has 1 aliphatic heterocycles. The first-order chi connectivity index (χ1) is 11.8. The van der Waals surface area contributed by atoms with Crippen molar-refractivity contribution in [3.63, 3.8) is 0 Å². The predicted octanol–water partition coefficient (Wildman–Crippen LogP) is 2.14. The molecule has 136 valence electrons. The molecule has 6 nitrogen and oxygen atoms in total. The van der Waals surface area contributed by atoms with E-state index in [1.165, 1.54) is 0 Å². The molecular formula is C19H27N3O3. The lowest BCUT2D eigenvalue weighted by atomic mass is 9.93. The average molecular weight is 345 g/mol. The summed E-state index contributed by atoms with van der Waals surface area (Å²) >= 11 is 0. The van der Waals surface area contributed by atoms with E-state index < -0.39 is 0 Å². The Labute approximate surface area is 148 Å². The van der Waals surface area contributed by atoms with E-state index in [4.69, 9.17) is 5.73 Å². The van der Waals surface area contributed by atoms with Gasteiger partial charge in [-0.05, 0) is 62.3 Å². The smallest absolute Gasteiger partial charge is 0.233 e. The zero-order chi connectivity index (χ0) is 18.4. The minimum absolute atomic E-state index is 0.157. The molecular weight excluding hydrogens is 318 g/mol. The Kier molecular flexibility index (Phi) is 6.56. The number of hydrogen-bond donors (Lipinski definition) is 2. The largest absolute Gasteiger partial charge is 0.370 e. The second-order valence-electron chi connectivity index (χ2n) is 6.95. The topological polar surface area (TPSA) is 92.5 Å². The molecule has 3 N–H and O–H groups in total. The van der Waals surface area contributed by atoms with Gasteiger partial charge in [0, 0.05) is 25.2 Å². The molecule has 25 heavy (non-hydrogen) atoms. The molecule has 3 amide bonds. The average Bonchev–Trinajstić information content (AvgIpc) is 2.52. The van der Waals surface area contributed by atoms with Crippen LogP contribution in [0.1, 0.15) is 43.2 Å². The Hall–Kier alpha value is -2.37. The number of nitrogens with zero attached hydrogens (tertiary/aromatic N) is 1. The standard InChI is InChI=1S/C19H27N3O3/c1-13-8-14(2)10-16(9-13)21-18(24)11-19(25)22-7-3-4-15(12-22)5-6-17(20)23/h8-10,15H,3-7,11-12H2,1-2H3,(H2,20,23)(H,21,24)/t15-/m0/s1. The normalized spacial score (nSPS) is 17.2. The number of piperidine rings is 1. The van der Waals surface area contributed by atoms with Crippen molar-refractivity contribution in [2.24, 2.45) is 11.7 Å². The van der Waals surface area contributed by atoms with Gasteiger partial charge in [-0.3, -0.25) is 14.4 Å². The summed E-state index contributed by atoms with van der Waals surface area (Å²) in [6.45, 7) is 5.20. The minimum atomic E-state index is -0.309. The number of nitrogens with one attached hydrogen (secondary N) is 1. The van der Waals surface area contributed by atoms with Crippen LogP contribution in [-0.4, -0.2) is 35.7 Å². The fraction of sp³-hybridized carbons (Fsp3) is 0.526. The SMILES string of the molecule is Cc1cc(C)cc(NC(=O)CC(=O)N2CCC[C@@H](CCC(N)=O)C2)c1. The van der Waals surface area contributed by atoms with E-state index >= 15 is 0 Å². The first kappa shape index (κ1) is 19.0. The molecule has 1 aliphatic rings. The molecule has 0 spiro atoms. The van der Waals surface area contributed by atoms with Crippen LogP contribution in [0, 0.1) is 19.8 Å². The number of anilines is 1. The maximum Gasteiger partial charge on any atom is 0.233 e. The van der Waals surface area contributed by atoms with Gasteiger partial charge in [0.1, 0.15) is 6.42 Å². The van der Waals surface area contributed by atoms with Crippen molar-refractivity contribution in [1.29, 1.82) is 0 Å². The zero-order valence-electron chi connectivity index (χ0n) is 15.0. The molecule has 1 aromatic carbocycles. The summed E-state index contributed by atoms with van der Waals surface area (Å²) in [4.78, 5) is 37.2. The lowest BCUT2D eigenvalue weighted by Gasteiger charge is -2.32. The van der Waals surface area contributed by atoms with E-state index in [0.717, 1.165) is 24.0 Å². The number of rotatable bonds is 6. The quantitative estimate of drug-likeness (QED) is 0.774. The van der Waals surface area contributed by atoms with Crippen LogP contribution in [0.15, 0.2) is 18.2 Å². The molecule has 0 bridgehead atoms. The minimum Gasteiger partial charge on any atom is -0.370 e. The molecule has 1 aromatic rings. The lowest BCUT2D eigenvalue weighted by Crippen LogP contribution is -2.41. The Bertz CT molecular complexity index is 637. The Morgan fingerprint density at radius 1 is 1.20 bits per heavy atom. The van der Waals surface area contributed by atoms with Gasteiger partial charge in [-0.2, -0.15) is 0 Å².